The molecule has 0 amide bonds. The third kappa shape index (κ3) is 1.77. The molecular formula is C13H18N3O. The lowest BCUT2D eigenvalue weighted by atomic mass is 10.1. The van der Waals surface area contributed by atoms with Gasteiger partial charge in [0.2, 0.25) is 0 Å². The summed E-state index contributed by atoms with van der Waals surface area (Å²) >= 11 is 0. The summed E-state index contributed by atoms with van der Waals surface area (Å²) < 4.78 is 5.71. The van der Waals surface area contributed by atoms with E-state index in [0.717, 1.165) is 36.5 Å². The van der Waals surface area contributed by atoms with Crippen LogP contribution in [0.15, 0.2) is 10.5 Å². The predicted octanol–water partition coefficient (Wildman–Crippen LogP) is 1.97. The fourth-order valence-corrected chi connectivity index (χ4v) is 2.44. The Bertz CT molecular complexity index is 540. The molecule has 3 heterocycles. The number of furan rings is 1. The molecule has 91 valence electrons. The van der Waals surface area contributed by atoms with Crippen LogP contribution in [-0.2, 0) is 0 Å². The number of nitrogens with zero attached hydrogens (tertiary/aromatic N) is 2. The molecule has 0 spiro atoms. The van der Waals surface area contributed by atoms with Gasteiger partial charge in [-0.1, -0.05) is 0 Å². The monoisotopic (exact) mass is 232 g/mol. The molecule has 2 aromatic heterocycles. The minimum absolute atomic E-state index is 0.260. The molecule has 1 saturated heterocycles. The molecule has 1 aliphatic heterocycles. The molecular weight excluding hydrogens is 214 g/mol. The lowest BCUT2D eigenvalue weighted by molar-refractivity contribution is 0.234. The van der Waals surface area contributed by atoms with Crippen LogP contribution in [0.4, 0.5) is 0 Å². The lowest BCUT2D eigenvalue weighted by Crippen LogP contribution is -2.40. The summed E-state index contributed by atoms with van der Waals surface area (Å²) in [4.78, 5) is 5.78. The maximum Gasteiger partial charge on any atom is 0.152 e. The Balaban J connectivity index is 1.95. The molecule has 17 heavy (non-hydrogen) atoms. The maximum atomic E-state index is 5.71. The van der Waals surface area contributed by atoms with E-state index in [4.69, 9.17) is 4.42 Å². The number of aromatic nitrogens is 1. The van der Waals surface area contributed by atoms with Crippen molar-refractivity contribution in [3.63, 3.8) is 0 Å². The van der Waals surface area contributed by atoms with Gasteiger partial charge in [-0.15, -0.1) is 0 Å². The van der Waals surface area contributed by atoms with Crippen LogP contribution >= 0.6 is 0 Å². The Kier molecular flexibility index (Phi) is 2.49. The molecule has 4 heteroatoms. The van der Waals surface area contributed by atoms with Gasteiger partial charge in [-0.25, -0.2) is 5.32 Å². The molecule has 4 nitrogen and oxygen atoms in total. The van der Waals surface area contributed by atoms with Crippen molar-refractivity contribution in [1.29, 1.82) is 0 Å². The summed E-state index contributed by atoms with van der Waals surface area (Å²) in [6.45, 7) is 7.05. The number of nitrogens with one attached hydrogen (secondary N) is 1. The molecule has 0 aromatic carbocycles. The molecule has 0 bridgehead atoms. The number of H-pyrrole nitrogens is 1. The highest BCUT2D eigenvalue weighted by Crippen LogP contribution is 2.28. The third-order valence-electron chi connectivity index (χ3n) is 3.64. The lowest BCUT2D eigenvalue weighted by Gasteiger charge is -2.28. The van der Waals surface area contributed by atoms with E-state index in [0.29, 0.717) is 0 Å². The predicted molar refractivity (Wildman–Crippen MR) is 67.3 cm³/mol. The number of fused-ring (bicyclic) bond motifs is 1. The Morgan fingerprint density at radius 2 is 2.29 bits per heavy atom. The first-order valence-corrected chi connectivity index (χ1v) is 6.09. The summed E-state index contributed by atoms with van der Waals surface area (Å²) in [6.07, 6.45) is 0. The Morgan fingerprint density at radius 1 is 1.47 bits per heavy atom. The second-order valence-electron chi connectivity index (χ2n) is 4.93. The SMILES string of the molecule is Cc1oc2cc(C3CN(C)CC[N]3)[nH]c2c1C. The molecule has 1 unspecified atom stereocenters. The molecule has 1 fully saturated rings. The van der Waals surface area contributed by atoms with Crippen LogP contribution in [-0.4, -0.2) is 36.6 Å². The zero-order valence-electron chi connectivity index (χ0n) is 10.6. The average Bonchev–Trinajstić information content (AvgIpc) is 2.81. The van der Waals surface area contributed by atoms with Gasteiger partial charge < -0.3 is 14.3 Å². The first-order chi connectivity index (χ1) is 8.15. The van der Waals surface area contributed by atoms with Crippen LogP contribution in [0.1, 0.15) is 23.1 Å². The van der Waals surface area contributed by atoms with E-state index in [1.807, 2.05) is 6.92 Å². The van der Waals surface area contributed by atoms with Crippen molar-refractivity contribution >= 4 is 11.1 Å². The van der Waals surface area contributed by atoms with E-state index in [-0.39, 0.29) is 6.04 Å². The van der Waals surface area contributed by atoms with Gasteiger partial charge in [-0.2, -0.15) is 0 Å². The smallest absolute Gasteiger partial charge is 0.152 e. The largest absolute Gasteiger partial charge is 0.459 e. The van der Waals surface area contributed by atoms with E-state index in [9.17, 15) is 0 Å². The fourth-order valence-electron chi connectivity index (χ4n) is 2.44. The second kappa shape index (κ2) is 3.89. The quantitative estimate of drug-likeness (QED) is 0.817. The van der Waals surface area contributed by atoms with Gasteiger partial charge in [0.1, 0.15) is 5.76 Å². The average molecular weight is 232 g/mol. The van der Waals surface area contributed by atoms with Gasteiger partial charge in [0.25, 0.3) is 0 Å². The number of aromatic amines is 1. The summed E-state index contributed by atoms with van der Waals surface area (Å²) in [5.74, 6) is 0.996. The molecule has 0 aliphatic carbocycles. The number of hydrogen-bond donors (Lipinski definition) is 1. The van der Waals surface area contributed by atoms with Crippen molar-refractivity contribution in [3.8, 4) is 0 Å². The van der Waals surface area contributed by atoms with Gasteiger partial charge in [0.05, 0.1) is 11.6 Å². The van der Waals surface area contributed by atoms with E-state index >= 15 is 0 Å². The number of piperazine rings is 1. The molecule has 2 aromatic rings. The van der Waals surface area contributed by atoms with Gasteiger partial charge in [0.15, 0.2) is 5.58 Å². The molecule has 1 N–H and O–H groups in total. The van der Waals surface area contributed by atoms with Gasteiger partial charge in [-0.05, 0) is 20.9 Å². The molecule has 1 radical (unpaired) electrons. The summed E-state index contributed by atoms with van der Waals surface area (Å²) in [5, 5.41) is 4.66. The summed E-state index contributed by atoms with van der Waals surface area (Å²) in [5.41, 5.74) is 4.46. The van der Waals surface area contributed by atoms with Gasteiger partial charge in [-0.3, -0.25) is 0 Å². The Morgan fingerprint density at radius 3 is 3.00 bits per heavy atom. The minimum atomic E-state index is 0.260. The molecule has 1 atom stereocenters. The van der Waals surface area contributed by atoms with Crippen molar-refractivity contribution in [2.24, 2.45) is 0 Å². The van der Waals surface area contributed by atoms with Crippen molar-refractivity contribution in [2.45, 2.75) is 19.9 Å². The van der Waals surface area contributed by atoms with Gasteiger partial charge in [0, 0.05) is 37.0 Å². The van der Waals surface area contributed by atoms with Crippen molar-refractivity contribution in [1.82, 2.24) is 15.2 Å². The van der Waals surface area contributed by atoms with Crippen LogP contribution in [0, 0.1) is 13.8 Å². The topological polar surface area (TPSA) is 46.3 Å². The second-order valence-corrected chi connectivity index (χ2v) is 4.93. The Hall–Kier alpha value is -1.26. The molecule has 1 aliphatic rings. The number of rotatable bonds is 1. The van der Waals surface area contributed by atoms with Crippen LogP contribution in [0.2, 0.25) is 0 Å². The highest BCUT2D eigenvalue weighted by molar-refractivity contribution is 5.79. The van der Waals surface area contributed by atoms with Crippen molar-refractivity contribution in [3.05, 3.63) is 23.1 Å². The van der Waals surface area contributed by atoms with E-state index < -0.39 is 0 Å². The van der Waals surface area contributed by atoms with Crippen molar-refractivity contribution in [2.75, 3.05) is 26.7 Å². The molecule has 0 saturated carbocycles. The van der Waals surface area contributed by atoms with E-state index in [2.05, 4.69) is 35.2 Å². The summed E-state index contributed by atoms with van der Waals surface area (Å²) in [6, 6.07) is 2.36. The van der Waals surface area contributed by atoms with Crippen LogP contribution < -0.4 is 5.32 Å². The zero-order valence-corrected chi connectivity index (χ0v) is 10.6. The first kappa shape index (κ1) is 10.9. The number of aryl methyl sites for hydroxylation is 2. The highest BCUT2D eigenvalue weighted by Gasteiger charge is 2.22. The summed E-state index contributed by atoms with van der Waals surface area (Å²) in [7, 11) is 2.14. The maximum absolute atomic E-state index is 5.71. The zero-order chi connectivity index (χ0) is 12.0. The molecule has 3 rings (SSSR count). The van der Waals surface area contributed by atoms with Crippen LogP contribution in [0.3, 0.4) is 0 Å². The van der Waals surface area contributed by atoms with E-state index in [1.165, 1.54) is 11.3 Å². The number of hydrogen-bond acceptors (Lipinski definition) is 2. The van der Waals surface area contributed by atoms with Crippen LogP contribution in [0.5, 0.6) is 0 Å². The number of likely N-dealkylation sites (N-methyl/N-ethyl adjacent to an activating group) is 1. The first-order valence-electron chi connectivity index (χ1n) is 6.09. The van der Waals surface area contributed by atoms with Crippen molar-refractivity contribution < 1.29 is 4.42 Å². The third-order valence-corrected chi connectivity index (χ3v) is 3.64. The Labute approximate surface area is 101 Å². The van der Waals surface area contributed by atoms with E-state index in [1.54, 1.807) is 0 Å². The van der Waals surface area contributed by atoms with Crippen LogP contribution in [0.25, 0.3) is 11.1 Å². The highest BCUT2D eigenvalue weighted by atomic mass is 16.3. The minimum Gasteiger partial charge on any atom is -0.459 e. The standard InChI is InChI=1S/C13H18N3O/c1-8-9(2)17-12-6-10(15-13(8)12)11-7-16(3)5-4-14-11/h6,11,15H,4-5,7H2,1-3H3. The fraction of sp³-hybridized carbons (Fsp3) is 0.538. The normalized spacial score (nSPS) is 22.4. The van der Waals surface area contributed by atoms with Gasteiger partial charge >= 0.3 is 0 Å².